The van der Waals surface area contributed by atoms with E-state index in [2.05, 4.69) is 4.99 Å². The molecule has 0 aromatic rings. The van der Waals surface area contributed by atoms with E-state index in [9.17, 15) is 13.2 Å². The van der Waals surface area contributed by atoms with E-state index < -0.39 is 12.1 Å². The number of hydrogen-bond acceptors (Lipinski definition) is 1. The first-order chi connectivity index (χ1) is 5.41. The van der Waals surface area contributed by atoms with Gasteiger partial charge in [0, 0.05) is 12.6 Å². The standard InChI is InChI=1S/C6H4Cl2F3N/c7-4-1-3(6(9,10)11)2-12-5(4)8/h2-3H,1H2. The first-order valence-electron chi connectivity index (χ1n) is 3.06. The molecule has 0 aromatic carbocycles. The van der Waals surface area contributed by atoms with Gasteiger partial charge in [0.1, 0.15) is 5.16 Å². The summed E-state index contributed by atoms with van der Waals surface area (Å²) in [6.45, 7) is 0. The maximum atomic E-state index is 12.0. The fraction of sp³-hybridized carbons (Fsp3) is 0.500. The maximum absolute atomic E-state index is 12.0. The molecular weight excluding hydrogens is 214 g/mol. The van der Waals surface area contributed by atoms with E-state index in [1.54, 1.807) is 0 Å². The van der Waals surface area contributed by atoms with E-state index >= 15 is 0 Å². The largest absolute Gasteiger partial charge is 0.397 e. The van der Waals surface area contributed by atoms with Gasteiger partial charge in [-0.2, -0.15) is 13.2 Å². The minimum atomic E-state index is -4.29. The second-order valence-corrected chi connectivity index (χ2v) is 3.14. The molecule has 0 fully saturated rings. The molecule has 1 aliphatic rings. The number of aliphatic imine (C=N–C) groups is 1. The number of halogens is 5. The van der Waals surface area contributed by atoms with E-state index in [4.69, 9.17) is 23.2 Å². The summed E-state index contributed by atoms with van der Waals surface area (Å²) in [6, 6.07) is 0. The maximum Gasteiger partial charge on any atom is 0.397 e. The van der Waals surface area contributed by atoms with Crippen molar-refractivity contribution in [3.63, 3.8) is 0 Å². The van der Waals surface area contributed by atoms with Gasteiger partial charge in [0.05, 0.1) is 11.0 Å². The van der Waals surface area contributed by atoms with Crippen molar-refractivity contribution < 1.29 is 13.2 Å². The van der Waals surface area contributed by atoms with Crippen LogP contribution in [-0.2, 0) is 0 Å². The zero-order valence-corrected chi connectivity index (χ0v) is 7.21. The van der Waals surface area contributed by atoms with Crippen LogP contribution in [-0.4, -0.2) is 12.4 Å². The van der Waals surface area contributed by atoms with Gasteiger partial charge in [-0.25, -0.2) is 4.99 Å². The predicted molar refractivity (Wildman–Crippen MR) is 41.4 cm³/mol. The molecular formula is C6H4Cl2F3N. The molecule has 0 spiro atoms. The molecule has 1 rings (SSSR count). The molecule has 0 aromatic heterocycles. The molecule has 0 aliphatic carbocycles. The van der Waals surface area contributed by atoms with Crippen molar-refractivity contribution in [1.29, 1.82) is 0 Å². The van der Waals surface area contributed by atoms with Gasteiger partial charge in [-0.15, -0.1) is 0 Å². The lowest BCUT2D eigenvalue weighted by molar-refractivity contribution is -0.153. The van der Waals surface area contributed by atoms with Gasteiger partial charge in [-0.05, 0) is 0 Å². The molecule has 1 unspecified atom stereocenters. The minimum absolute atomic E-state index is 0.0403. The predicted octanol–water partition coefficient (Wildman–Crippen LogP) is 3.29. The van der Waals surface area contributed by atoms with Crippen LogP contribution in [0.5, 0.6) is 0 Å². The van der Waals surface area contributed by atoms with Crippen LogP contribution in [0.1, 0.15) is 6.42 Å². The Morgan fingerprint density at radius 1 is 1.42 bits per heavy atom. The molecule has 6 heteroatoms. The van der Waals surface area contributed by atoms with E-state index in [-0.39, 0.29) is 16.6 Å². The second-order valence-electron chi connectivity index (χ2n) is 2.33. The number of allylic oxidation sites excluding steroid dienone is 1. The molecule has 0 amide bonds. The number of rotatable bonds is 0. The van der Waals surface area contributed by atoms with Crippen molar-refractivity contribution in [3.05, 3.63) is 10.2 Å². The summed E-state index contributed by atoms with van der Waals surface area (Å²) in [7, 11) is 0. The zero-order chi connectivity index (χ0) is 9.35. The Bertz CT molecular complexity index is 244. The third kappa shape index (κ3) is 2.14. The first kappa shape index (κ1) is 9.86. The lowest BCUT2D eigenvalue weighted by Crippen LogP contribution is -2.25. The summed E-state index contributed by atoms with van der Waals surface area (Å²) >= 11 is 10.8. The highest BCUT2D eigenvalue weighted by atomic mass is 35.5. The number of nitrogens with zero attached hydrogens (tertiary/aromatic N) is 1. The third-order valence-corrected chi connectivity index (χ3v) is 2.17. The van der Waals surface area contributed by atoms with E-state index in [1.165, 1.54) is 0 Å². The molecule has 0 N–H and O–H groups in total. The highest BCUT2D eigenvalue weighted by Crippen LogP contribution is 2.35. The summed E-state index contributed by atoms with van der Waals surface area (Å²) in [5.41, 5.74) is 0. The van der Waals surface area contributed by atoms with Crippen molar-refractivity contribution in [2.45, 2.75) is 12.6 Å². The van der Waals surface area contributed by atoms with Crippen molar-refractivity contribution in [2.24, 2.45) is 10.9 Å². The summed E-state index contributed by atoms with van der Waals surface area (Å²) < 4.78 is 36.1. The zero-order valence-electron chi connectivity index (χ0n) is 5.70. The monoisotopic (exact) mass is 217 g/mol. The average Bonchev–Trinajstić information content (AvgIpc) is 1.92. The van der Waals surface area contributed by atoms with Crippen LogP contribution in [0.3, 0.4) is 0 Å². The highest BCUT2D eigenvalue weighted by molar-refractivity contribution is 6.39. The van der Waals surface area contributed by atoms with Crippen molar-refractivity contribution >= 4 is 29.4 Å². The SMILES string of the molecule is FC(F)(F)C1C=NC(Cl)=C(Cl)C1. The summed E-state index contributed by atoms with van der Waals surface area (Å²) in [5, 5.41) is -0.0985. The van der Waals surface area contributed by atoms with Gasteiger partial charge in [0.2, 0.25) is 0 Å². The first-order valence-corrected chi connectivity index (χ1v) is 3.82. The van der Waals surface area contributed by atoms with Gasteiger partial charge >= 0.3 is 6.18 Å². The van der Waals surface area contributed by atoms with Crippen LogP contribution in [0, 0.1) is 5.92 Å². The molecule has 12 heavy (non-hydrogen) atoms. The number of hydrogen-bond donors (Lipinski definition) is 0. The second kappa shape index (κ2) is 3.26. The van der Waals surface area contributed by atoms with E-state index in [1.807, 2.05) is 0 Å². The van der Waals surface area contributed by atoms with E-state index in [0.717, 1.165) is 6.21 Å². The molecule has 68 valence electrons. The lowest BCUT2D eigenvalue weighted by atomic mass is 10.1. The van der Waals surface area contributed by atoms with Crippen LogP contribution in [0.15, 0.2) is 15.2 Å². The molecule has 0 saturated heterocycles. The Morgan fingerprint density at radius 2 is 2.00 bits per heavy atom. The van der Waals surface area contributed by atoms with Crippen LogP contribution < -0.4 is 0 Å². The van der Waals surface area contributed by atoms with Gasteiger partial charge < -0.3 is 0 Å². The van der Waals surface area contributed by atoms with Crippen LogP contribution in [0.4, 0.5) is 13.2 Å². The Balaban J connectivity index is 2.76. The van der Waals surface area contributed by atoms with Gasteiger partial charge in [-0.1, -0.05) is 23.2 Å². The fourth-order valence-electron chi connectivity index (χ4n) is 0.756. The average molecular weight is 218 g/mol. The normalized spacial score (nSPS) is 24.9. The lowest BCUT2D eigenvalue weighted by Gasteiger charge is -2.18. The van der Waals surface area contributed by atoms with E-state index in [0.29, 0.717) is 0 Å². The van der Waals surface area contributed by atoms with Crippen LogP contribution in [0.25, 0.3) is 0 Å². The van der Waals surface area contributed by atoms with Crippen molar-refractivity contribution in [2.75, 3.05) is 0 Å². The molecule has 1 atom stereocenters. The smallest absolute Gasteiger partial charge is 0.247 e. The molecule has 1 nitrogen and oxygen atoms in total. The number of alkyl halides is 3. The summed E-state index contributed by atoms with van der Waals surface area (Å²) in [6.07, 6.45) is -3.83. The minimum Gasteiger partial charge on any atom is -0.247 e. The Kier molecular flexibility index (Phi) is 2.68. The van der Waals surface area contributed by atoms with Crippen molar-refractivity contribution in [3.8, 4) is 0 Å². The van der Waals surface area contributed by atoms with Gasteiger partial charge in [0.15, 0.2) is 0 Å². The molecule has 0 radical (unpaired) electrons. The molecule has 0 saturated carbocycles. The Labute approximate surface area is 76.9 Å². The highest BCUT2D eigenvalue weighted by Gasteiger charge is 2.40. The third-order valence-electron chi connectivity index (χ3n) is 1.41. The quantitative estimate of drug-likeness (QED) is 0.553. The molecule has 0 bridgehead atoms. The molecule has 1 aliphatic heterocycles. The molecule has 1 heterocycles. The van der Waals surface area contributed by atoms with Crippen LogP contribution >= 0.6 is 23.2 Å². The van der Waals surface area contributed by atoms with Crippen molar-refractivity contribution in [1.82, 2.24) is 0 Å². The topological polar surface area (TPSA) is 12.4 Å². The summed E-state index contributed by atoms with van der Waals surface area (Å²) in [5.74, 6) is -1.60. The van der Waals surface area contributed by atoms with Crippen LogP contribution in [0.2, 0.25) is 0 Å². The van der Waals surface area contributed by atoms with Gasteiger partial charge in [0.25, 0.3) is 0 Å². The summed E-state index contributed by atoms with van der Waals surface area (Å²) in [4.78, 5) is 3.33. The Hall–Kier alpha value is -0.220. The fourth-order valence-corrected chi connectivity index (χ4v) is 1.10. The Morgan fingerprint density at radius 3 is 2.42 bits per heavy atom. The van der Waals surface area contributed by atoms with Gasteiger partial charge in [-0.3, -0.25) is 0 Å².